The Bertz CT molecular complexity index is 1050. The average molecular weight is 373 g/mol. The first kappa shape index (κ1) is 18.0. The second-order valence-electron chi connectivity index (χ2n) is 7.00. The molecule has 0 saturated heterocycles. The lowest BCUT2D eigenvalue weighted by Gasteiger charge is -2.23. The van der Waals surface area contributed by atoms with Gasteiger partial charge in [-0.15, -0.1) is 0 Å². The highest BCUT2D eigenvalue weighted by Crippen LogP contribution is 2.27. The second kappa shape index (κ2) is 7.72. The van der Waals surface area contributed by atoms with Gasteiger partial charge in [-0.3, -0.25) is 4.79 Å². The Morgan fingerprint density at radius 1 is 1.14 bits per heavy atom. The smallest absolute Gasteiger partial charge is 0.223 e. The molecule has 2 aromatic carbocycles. The van der Waals surface area contributed by atoms with Crippen LogP contribution in [-0.2, 0) is 11.2 Å². The molecule has 0 aliphatic rings. The molecule has 4 rings (SSSR count). The number of hydrogen-bond acceptors (Lipinski definition) is 3. The monoisotopic (exact) mass is 373 g/mol. The van der Waals surface area contributed by atoms with Crippen molar-refractivity contribution in [2.45, 2.75) is 25.8 Å². The second-order valence-corrected chi connectivity index (χ2v) is 7.00. The number of benzene rings is 2. The molecule has 0 N–H and O–H groups in total. The van der Waals surface area contributed by atoms with Crippen LogP contribution < -0.4 is 0 Å². The standard InChI is InChI=1S/C23H23N3O2/c1-17(22-14-19-8-6-7-11-21(19)28-22)25(2)23(27)13-12-18-15-24-26(16-18)20-9-4-3-5-10-20/h3-11,14-17H,12-13H2,1-2H3. The van der Waals surface area contributed by atoms with E-state index in [0.29, 0.717) is 12.8 Å². The zero-order chi connectivity index (χ0) is 19.5. The molecular formula is C23H23N3O2. The maximum Gasteiger partial charge on any atom is 0.223 e. The fourth-order valence-corrected chi connectivity index (χ4v) is 3.25. The Kier molecular flexibility index (Phi) is 4.98. The van der Waals surface area contributed by atoms with Crippen LogP contribution in [0, 0.1) is 0 Å². The number of hydrogen-bond donors (Lipinski definition) is 0. The van der Waals surface area contributed by atoms with E-state index in [0.717, 1.165) is 28.0 Å². The summed E-state index contributed by atoms with van der Waals surface area (Å²) in [6.07, 6.45) is 4.89. The van der Waals surface area contributed by atoms with Gasteiger partial charge in [-0.25, -0.2) is 4.68 Å². The molecule has 0 radical (unpaired) electrons. The maximum atomic E-state index is 12.7. The molecule has 4 aromatic rings. The van der Waals surface area contributed by atoms with Crippen molar-refractivity contribution in [3.63, 3.8) is 0 Å². The Labute approximate surface area is 164 Å². The van der Waals surface area contributed by atoms with Crippen molar-refractivity contribution < 1.29 is 9.21 Å². The summed E-state index contributed by atoms with van der Waals surface area (Å²) in [5.41, 5.74) is 2.90. The van der Waals surface area contributed by atoms with E-state index < -0.39 is 0 Å². The van der Waals surface area contributed by atoms with Crippen LogP contribution in [-0.4, -0.2) is 27.6 Å². The molecule has 1 amide bonds. The topological polar surface area (TPSA) is 51.3 Å². The van der Waals surface area contributed by atoms with Gasteiger partial charge < -0.3 is 9.32 Å². The van der Waals surface area contributed by atoms with Crippen molar-refractivity contribution in [2.75, 3.05) is 7.05 Å². The Hall–Kier alpha value is -3.34. The molecular weight excluding hydrogens is 350 g/mol. The van der Waals surface area contributed by atoms with Crippen LogP contribution in [0.4, 0.5) is 0 Å². The molecule has 0 saturated carbocycles. The summed E-state index contributed by atoms with van der Waals surface area (Å²) >= 11 is 0. The lowest BCUT2D eigenvalue weighted by molar-refractivity contribution is -0.132. The Morgan fingerprint density at radius 2 is 1.89 bits per heavy atom. The van der Waals surface area contributed by atoms with Crippen LogP contribution in [0.25, 0.3) is 16.7 Å². The zero-order valence-electron chi connectivity index (χ0n) is 16.1. The molecule has 5 nitrogen and oxygen atoms in total. The number of aromatic nitrogens is 2. The fourth-order valence-electron chi connectivity index (χ4n) is 3.25. The number of carbonyl (C=O) groups excluding carboxylic acids is 1. The predicted molar refractivity (Wildman–Crippen MR) is 109 cm³/mol. The largest absolute Gasteiger partial charge is 0.459 e. The summed E-state index contributed by atoms with van der Waals surface area (Å²) in [6.45, 7) is 1.99. The van der Waals surface area contributed by atoms with E-state index >= 15 is 0 Å². The van der Waals surface area contributed by atoms with Gasteiger partial charge >= 0.3 is 0 Å². The van der Waals surface area contributed by atoms with Crippen LogP contribution in [0.15, 0.2) is 77.5 Å². The minimum absolute atomic E-state index is 0.0837. The fraction of sp³-hybridized carbons (Fsp3) is 0.217. The SMILES string of the molecule is CC(c1cc2ccccc2o1)N(C)C(=O)CCc1cnn(-c2ccccc2)c1. The summed E-state index contributed by atoms with van der Waals surface area (Å²) in [5.74, 6) is 0.884. The summed E-state index contributed by atoms with van der Waals surface area (Å²) in [7, 11) is 1.83. The van der Waals surface area contributed by atoms with Crippen LogP contribution in [0.5, 0.6) is 0 Å². The highest BCUT2D eigenvalue weighted by atomic mass is 16.3. The minimum Gasteiger partial charge on any atom is -0.459 e. The summed E-state index contributed by atoms with van der Waals surface area (Å²) < 4.78 is 7.74. The van der Waals surface area contributed by atoms with Crippen molar-refractivity contribution in [2.24, 2.45) is 0 Å². The first-order valence-electron chi connectivity index (χ1n) is 9.45. The quantitative estimate of drug-likeness (QED) is 0.489. The maximum absolute atomic E-state index is 12.7. The predicted octanol–water partition coefficient (Wildman–Crippen LogP) is 4.77. The zero-order valence-corrected chi connectivity index (χ0v) is 16.1. The van der Waals surface area contributed by atoms with E-state index in [1.54, 1.807) is 4.90 Å². The van der Waals surface area contributed by atoms with Crippen molar-refractivity contribution in [3.05, 3.63) is 84.4 Å². The third-order valence-electron chi connectivity index (χ3n) is 5.12. The van der Waals surface area contributed by atoms with Gasteiger partial charge in [0.05, 0.1) is 17.9 Å². The number of fused-ring (bicyclic) bond motifs is 1. The molecule has 1 atom stereocenters. The Balaban J connectivity index is 1.38. The van der Waals surface area contributed by atoms with E-state index in [9.17, 15) is 4.79 Å². The van der Waals surface area contributed by atoms with Gasteiger partial charge in [-0.2, -0.15) is 5.10 Å². The first-order valence-corrected chi connectivity index (χ1v) is 9.45. The molecule has 0 aliphatic heterocycles. The van der Waals surface area contributed by atoms with Gasteiger partial charge in [0, 0.05) is 25.1 Å². The average Bonchev–Trinajstić information content (AvgIpc) is 3.38. The number of carbonyl (C=O) groups is 1. The number of furan rings is 1. The lowest BCUT2D eigenvalue weighted by atomic mass is 10.1. The molecule has 28 heavy (non-hydrogen) atoms. The minimum atomic E-state index is -0.119. The lowest BCUT2D eigenvalue weighted by Crippen LogP contribution is -2.29. The first-order chi connectivity index (χ1) is 13.6. The van der Waals surface area contributed by atoms with Crippen molar-refractivity contribution in [1.82, 2.24) is 14.7 Å². The summed E-state index contributed by atoms with van der Waals surface area (Å²) in [6, 6.07) is 19.7. The molecule has 0 bridgehead atoms. The van der Waals surface area contributed by atoms with Crippen LogP contribution in [0.3, 0.4) is 0 Å². The number of amides is 1. The van der Waals surface area contributed by atoms with Gasteiger partial charge in [0.2, 0.25) is 5.91 Å². The normalized spacial score (nSPS) is 12.2. The molecule has 1 unspecified atom stereocenters. The van der Waals surface area contributed by atoms with Crippen molar-refractivity contribution >= 4 is 16.9 Å². The van der Waals surface area contributed by atoms with Gasteiger partial charge in [0.1, 0.15) is 11.3 Å². The van der Waals surface area contributed by atoms with Gasteiger partial charge in [-0.1, -0.05) is 36.4 Å². The van der Waals surface area contributed by atoms with Crippen molar-refractivity contribution in [1.29, 1.82) is 0 Å². The third kappa shape index (κ3) is 3.69. The van der Waals surface area contributed by atoms with E-state index in [1.807, 2.05) is 91.7 Å². The molecule has 0 spiro atoms. The molecule has 2 aromatic heterocycles. The van der Waals surface area contributed by atoms with Crippen LogP contribution >= 0.6 is 0 Å². The van der Waals surface area contributed by atoms with Crippen LogP contribution in [0.2, 0.25) is 0 Å². The molecule has 5 heteroatoms. The van der Waals surface area contributed by atoms with E-state index in [-0.39, 0.29) is 11.9 Å². The Morgan fingerprint density at radius 3 is 2.68 bits per heavy atom. The highest BCUT2D eigenvalue weighted by molar-refractivity contribution is 5.79. The number of nitrogens with zero attached hydrogens (tertiary/aromatic N) is 3. The van der Waals surface area contributed by atoms with E-state index in [4.69, 9.17) is 4.42 Å². The van der Waals surface area contributed by atoms with Gasteiger partial charge in [-0.05, 0) is 43.2 Å². The van der Waals surface area contributed by atoms with Crippen molar-refractivity contribution in [3.8, 4) is 5.69 Å². The van der Waals surface area contributed by atoms with Crippen LogP contribution in [0.1, 0.15) is 30.7 Å². The van der Waals surface area contributed by atoms with Gasteiger partial charge in [0.15, 0.2) is 0 Å². The summed E-state index contributed by atoms with van der Waals surface area (Å²) in [4.78, 5) is 14.4. The number of para-hydroxylation sites is 2. The number of rotatable bonds is 6. The van der Waals surface area contributed by atoms with E-state index in [1.165, 1.54) is 0 Å². The third-order valence-corrected chi connectivity index (χ3v) is 5.12. The van der Waals surface area contributed by atoms with E-state index in [2.05, 4.69) is 5.10 Å². The highest BCUT2D eigenvalue weighted by Gasteiger charge is 2.20. The molecule has 0 aliphatic carbocycles. The molecule has 142 valence electrons. The number of aryl methyl sites for hydroxylation is 1. The van der Waals surface area contributed by atoms with Gasteiger partial charge in [0.25, 0.3) is 0 Å². The molecule has 0 fully saturated rings. The summed E-state index contributed by atoms with van der Waals surface area (Å²) in [5, 5.41) is 5.45. The molecule has 2 heterocycles.